The molecule has 1 amide bonds. The first kappa shape index (κ1) is 63.6. The Morgan fingerprint density at radius 2 is 0.738 bits per heavy atom. The van der Waals surface area contributed by atoms with Crippen molar-refractivity contribution in [3.8, 4) is 0 Å². The number of aliphatic hydroxyl groups is 2. The third kappa shape index (κ3) is 48.9. The zero-order valence-corrected chi connectivity index (χ0v) is 44.2. The summed E-state index contributed by atoms with van der Waals surface area (Å²) in [6, 6.07) is -0.697. The van der Waals surface area contributed by atoms with Crippen LogP contribution in [0.25, 0.3) is 0 Å². The minimum absolute atomic E-state index is 0.0824. The van der Waals surface area contributed by atoms with Crippen LogP contribution in [-0.4, -0.2) is 46.9 Å². The van der Waals surface area contributed by atoms with Gasteiger partial charge in [0, 0.05) is 6.42 Å². The number of rotatable bonds is 54. The molecule has 0 aliphatic heterocycles. The Hall–Kier alpha value is -1.40. The molecule has 0 aromatic rings. The second kappa shape index (κ2) is 53.6. The molecule has 0 rings (SSSR count). The summed E-state index contributed by atoms with van der Waals surface area (Å²) in [6.45, 7) is 6.53. The van der Waals surface area contributed by atoms with E-state index in [2.05, 4.69) is 38.2 Å². The van der Waals surface area contributed by atoms with Crippen LogP contribution in [0, 0.1) is 0 Å². The molecule has 0 fully saturated rings. The summed E-state index contributed by atoms with van der Waals surface area (Å²) in [5.41, 5.74) is 0. The normalized spacial score (nSPS) is 13.1. The van der Waals surface area contributed by atoms with E-state index in [4.69, 9.17) is 4.74 Å². The highest BCUT2D eigenvalue weighted by atomic mass is 16.5. The SMILES string of the molecule is CCCCCCCC/C=C/CCCCCCCCCC(CC(=O)NC(CO)C(O)CCCCCCCCCCCCCCCC)OC(=O)CCCCCCCCCCCCCCCCC. The average molecular weight is 919 g/mol. The number of nitrogens with one attached hydrogen (secondary N) is 1. The van der Waals surface area contributed by atoms with Gasteiger partial charge in [0.25, 0.3) is 0 Å². The molecule has 0 heterocycles. The maximum atomic E-state index is 13.3. The topological polar surface area (TPSA) is 95.9 Å². The number of amides is 1. The van der Waals surface area contributed by atoms with Crippen LogP contribution in [0.3, 0.4) is 0 Å². The molecule has 0 saturated carbocycles. The summed E-state index contributed by atoms with van der Waals surface area (Å²) >= 11 is 0. The fourth-order valence-corrected chi connectivity index (χ4v) is 9.37. The summed E-state index contributed by atoms with van der Waals surface area (Å²) < 4.78 is 5.97. The monoisotopic (exact) mass is 918 g/mol. The van der Waals surface area contributed by atoms with Gasteiger partial charge in [-0.25, -0.2) is 0 Å². The van der Waals surface area contributed by atoms with E-state index in [1.165, 1.54) is 231 Å². The molecular formula is C59H115NO5. The van der Waals surface area contributed by atoms with E-state index in [0.29, 0.717) is 19.3 Å². The van der Waals surface area contributed by atoms with Crippen LogP contribution in [0.15, 0.2) is 12.2 Å². The highest BCUT2D eigenvalue weighted by molar-refractivity contribution is 5.77. The van der Waals surface area contributed by atoms with Crippen LogP contribution >= 0.6 is 0 Å². The van der Waals surface area contributed by atoms with Gasteiger partial charge < -0.3 is 20.3 Å². The third-order valence-electron chi connectivity index (χ3n) is 13.8. The van der Waals surface area contributed by atoms with E-state index in [1.807, 2.05) is 0 Å². The van der Waals surface area contributed by atoms with Crippen molar-refractivity contribution in [2.75, 3.05) is 6.61 Å². The molecular weight excluding hydrogens is 803 g/mol. The third-order valence-corrected chi connectivity index (χ3v) is 13.8. The van der Waals surface area contributed by atoms with Crippen molar-refractivity contribution in [3.05, 3.63) is 12.2 Å². The number of carbonyl (C=O) groups is 2. The molecule has 0 bridgehead atoms. The molecule has 0 aromatic carbocycles. The number of aliphatic hydroxyl groups excluding tert-OH is 2. The zero-order chi connectivity index (χ0) is 47.4. The molecule has 0 aliphatic carbocycles. The Bertz CT molecular complexity index is 986. The number of esters is 1. The summed E-state index contributed by atoms with van der Waals surface area (Å²) in [5.74, 6) is -0.454. The van der Waals surface area contributed by atoms with Crippen molar-refractivity contribution in [2.45, 2.75) is 347 Å². The molecule has 0 aromatic heterocycles. The lowest BCUT2D eigenvalue weighted by molar-refractivity contribution is -0.151. The molecule has 0 radical (unpaired) electrons. The summed E-state index contributed by atoms with van der Waals surface area (Å²) in [5, 5.41) is 23.9. The van der Waals surface area contributed by atoms with Crippen molar-refractivity contribution < 1.29 is 24.5 Å². The van der Waals surface area contributed by atoms with Crippen molar-refractivity contribution in [1.29, 1.82) is 0 Å². The lowest BCUT2D eigenvalue weighted by Gasteiger charge is -2.24. The lowest BCUT2D eigenvalue weighted by Crippen LogP contribution is -2.46. The highest BCUT2D eigenvalue weighted by Crippen LogP contribution is 2.19. The van der Waals surface area contributed by atoms with Crippen molar-refractivity contribution in [3.63, 3.8) is 0 Å². The van der Waals surface area contributed by atoms with Crippen molar-refractivity contribution >= 4 is 11.9 Å². The largest absolute Gasteiger partial charge is 0.462 e. The predicted octanol–water partition coefficient (Wildman–Crippen LogP) is 18.1. The van der Waals surface area contributed by atoms with Crippen LogP contribution in [-0.2, 0) is 14.3 Å². The first-order valence-corrected chi connectivity index (χ1v) is 29.4. The molecule has 6 nitrogen and oxygen atoms in total. The van der Waals surface area contributed by atoms with Crippen LogP contribution in [0.5, 0.6) is 0 Å². The maximum absolute atomic E-state index is 13.3. The fourth-order valence-electron chi connectivity index (χ4n) is 9.37. The number of ether oxygens (including phenoxy) is 1. The molecule has 3 N–H and O–H groups in total. The van der Waals surface area contributed by atoms with Gasteiger partial charge in [0.05, 0.1) is 25.2 Å². The minimum Gasteiger partial charge on any atom is -0.462 e. The van der Waals surface area contributed by atoms with E-state index in [0.717, 1.165) is 51.4 Å². The summed E-state index contributed by atoms with van der Waals surface area (Å²) in [7, 11) is 0. The summed E-state index contributed by atoms with van der Waals surface area (Å²) in [6.07, 6.45) is 61.3. The van der Waals surface area contributed by atoms with Crippen molar-refractivity contribution in [1.82, 2.24) is 5.32 Å². The quantitative estimate of drug-likeness (QED) is 0.0321. The van der Waals surface area contributed by atoms with Crippen LogP contribution in [0.2, 0.25) is 0 Å². The molecule has 3 atom stereocenters. The second-order valence-electron chi connectivity index (χ2n) is 20.4. The van der Waals surface area contributed by atoms with Crippen LogP contribution < -0.4 is 5.32 Å². The maximum Gasteiger partial charge on any atom is 0.306 e. The van der Waals surface area contributed by atoms with E-state index in [9.17, 15) is 19.8 Å². The van der Waals surface area contributed by atoms with E-state index < -0.39 is 18.2 Å². The molecule has 6 heteroatoms. The number of allylic oxidation sites excluding steroid dienone is 2. The van der Waals surface area contributed by atoms with Gasteiger partial charge >= 0.3 is 5.97 Å². The standard InChI is InChI=1S/C59H115NO5/c1-4-7-10-13-16-19-22-25-28-29-31-32-35-38-41-44-47-50-55(65-59(64)52-49-46-43-40-37-34-30-26-23-20-17-14-11-8-5-2)53-58(63)60-56(54-61)57(62)51-48-45-42-39-36-33-27-24-21-18-15-12-9-6-3/h25,28,55-57,61-62H,4-24,26-27,29-54H2,1-3H3,(H,60,63)/b28-25+. The van der Waals surface area contributed by atoms with E-state index in [1.54, 1.807) is 0 Å². The summed E-state index contributed by atoms with van der Waals surface area (Å²) in [4.78, 5) is 26.3. The van der Waals surface area contributed by atoms with Gasteiger partial charge in [-0.15, -0.1) is 0 Å². The Balaban J connectivity index is 4.52. The predicted molar refractivity (Wildman–Crippen MR) is 283 cm³/mol. The first-order chi connectivity index (χ1) is 32.0. The van der Waals surface area contributed by atoms with Gasteiger partial charge in [-0.05, 0) is 51.4 Å². The highest BCUT2D eigenvalue weighted by Gasteiger charge is 2.24. The molecule has 0 spiro atoms. The number of unbranched alkanes of at least 4 members (excludes halogenated alkanes) is 40. The zero-order valence-electron chi connectivity index (χ0n) is 44.2. The molecule has 3 unspecified atom stereocenters. The van der Waals surface area contributed by atoms with Gasteiger partial charge in [-0.1, -0.05) is 277 Å². The van der Waals surface area contributed by atoms with Crippen LogP contribution in [0.1, 0.15) is 329 Å². The first-order valence-electron chi connectivity index (χ1n) is 29.4. The van der Waals surface area contributed by atoms with Gasteiger partial charge in [0.15, 0.2) is 0 Å². The van der Waals surface area contributed by atoms with Gasteiger partial charge in [-0.3, -0.25) is 9.59 Å². The molecule has 0 saturated heterocycles. The van der Waals surface area contributed by atoms with E-state index in [-0.39, 0.29) is 24.9 Å². The van der Waals surface area contributed by atoms with Crippen LogP contribution in [0.4, 0.5) is 0 Å². The average Bonchev–Trinajstić information content (AvgIpc) is 3.30. The van der Waals surface area contributed by atoms with Gasteiger partial charge in [0.2, 0.25) is 5.91 Å². The Kier molecular flexibility index (Phi) is 52.4. The number of hydrogen-bond acceptors (Lipinski definition) is 5. The smallest absolute Gasteiger partial charge is 0.306 e. The number of carbonyl (C=O) groups excluding carboxylic acids is 2. The molecule has 386 valence electrons. The van der Waals surface area contributed by atoms with E-state index >= 15 is 0 Å². The fraction of sp³-hybridized carbons (Fsp3) is 0.932. The minimum atomic E-state index is -0.784. The van der Waals surface area contributed by atoms with Gasteiger partial charge in [-0.2, -0.15) is 0 Å². The Morgan fingerprint density at radius 1 is 0.431 bits per heavy atom. The second-order valence-corrected chi connectivity index (χ2v) is 20.4. The molecule has 0 aliphatic rings. The number of hydrogen-bond donors (Lipinski definition) is 3. The Morgan fingerprint density at radius 3 is 1.09 bits per heavy atom. The molecule has 65 heavy (non-hydrogen) atoms. The Labute approximate surface area is 406 Å². The van der Waals surface area contributed by atoms with Crippen molar-refractivity contribution in [2.24, 2.45) is 0 Å². The lowest BCUT2D eigenvalue weighted by atomic mass is 10.0. The van der Waals surface area contributed by atoms with Gasteiger partial charge in [0.1, 0.15) is 6.10 Å².